The fourth-order valence-electron chi connectivity index (χ4n) is 2.91. The molecule has 3 nitrogen and oxygen atoms in total. The molecule has 1 aromatic heterocycles. The minimum atomic E-state index is -0.350. The predicted molar refractivity (Wildman–Crippen MR) is 82.1 cm³/mol. The summed E-state index contributed by atoms with van der Waals surface area (Å²) >= 11 is 0. The summed E-state index contributed by atoms with van der Waals surface area (Å²) in [6, 6.07) is 6.60. The van der Waals surface area contributed by atoms with Crippen LogP contribution in [0.25, 0.3) is 0 Å². The molecule has 1 aliphatic rings. The standard InChI is InChI=1S/C17H20FN3/c1-17(2,11-7-9-12(18)10-8-11)16-20-14-6-4-5-13(14)15(19-3)21-16/h7-10H,4-6H2,1-3H3,(H,19,20,21). The average molecular weight is 285 g/mol. The number of hydrogen-bond acceptors (Lipinski definition) is 3. The summed E-state index contributed by atoms with van der Waals surface area (Å²) in [5, 5.41) is 3.19. The van der Waals surface area contributed by atoms with Crippen molar-refractivity contribution in [3.8, 4) is 0 Å². The molecule has 110 valence electrons. The van der Waals surface area contributed by atoms with Gasteiger partial charge < -0.3 is 5.32 Å². The summed E-state index contributed by atoms with van der Waals surface area (Å²) in [7, 11) is 1.90. The highest BCUT2D eigenvalue weighted by molar-refractivity contribution is 5.49. The molecule has 0 unspecified atom stereocenters. The Morgan fingerprint density at radius 3 is 2.48 bits per heavy atom. The Kier molecular flexibility index (Phi) is 3.40. The fourth-order valence-corrected chi connectivity index (χ4v) is 2.91. The molecule has 0 saturated heterocycles. The average Bonchev–Trinajstić information content (AvgIpc) is 2.95. The molecule has 0 aliphatic heterocycles. The first kappa shape index (κ1) is 14.0. The normalized spacial score (nSPS) is 14.1. The maximum Gasteiger partial charge on any atom is 0.140 e. The van der Waals surface area contributed by atoms with Crippen molar-refractivity contribution in [2.24, 2.45) is 0 Å². The number of benzene rings is 1. The molecule has 3 rings (SSSR count). The highest BCUT2D eigenvalue weighted by atomic mass is 19.1. The molecule has 4 heteroatoms. The van der Waals surface area contributed by atoms with Gasteiger partial charge in [0.05, 0.1) is 0 Å². The number of fused-ring (bicyclic) bond motifs is 1. The van der Waals surface area contributed by atoms with Crippen molar-refractivity contribution in [3.63, 3.8) is 0 Å². The molecule has 0 amide bonds. The minimum Gasteiger partial charge on any atom is -0.373 e. The van der Waals surface area contributed by atoms with Gasteiger partial charge in [0.1, 0.15) is 17.5 Å². The van der Waals surface area contributed by atoms with E-state index >= 15 is 0 Å². The Hall–Kier alpha value is -1.97. The van der Waals surface area contributed by atoms with Crippen LogP contribution in [0.3, 0.4) is 0 Å². The van der Waals surface area contributed by atoms with Gasteiger partial charge in [-0.3, -0.25) is 0 Å². The Labute approximate surface area is 124 Å². The highest BCUT2D eigenvalue weighted by Crippen LogP contribution is 2.33. The van der Waals surface area contributed by atoms with Gasteiger partial charge in [-0.15, -0.1) is 0 Å². The molecule has 2 aromatic rings. The molecule has 0 bridgehead atoms. The molecule has 0 atom stereocenters. The molecule has 21 heavy (non-hydrogen) atoms. The SMILES string of the molecule is CNc1nc(C(C)(C)c2ccc(F)cc2)nc2c1CCC2. The van der Waals surface area contributed by atoms with Gasteiger partial charge in [-0.2, -0.15) is 0 Å². The van der Waals surface area contributed by atoms with Crippen LogP contribution in [0.15, 0.2) is 24.3 Å². The fraction of sp³-hybridized carbons (Fsp3) is 0.412. The second kappa shape index (κ2) is 5.10. The van der Waals surface area contributed by atoms with E-state index in [1.54, 1.807) is 0 Å². The van der Waals surface area contributed by atoms with Crippen LogP contribution in [0.2, 0.25) is 0 Å². The first-order chi connectivity index (χ1) is 10.0. The van der Waals surface area contributed by atoms with Crippen molar-refractivity contribution in [1.29, 1.82) is 0 Å². The largest absolute Gasteiger partial charge is 0.373 e. The van der Waals surface area contributed by atoms with Crippen LogP contribution in [0, 0.1) is 5.82 Å². The van der Waals surface area contributed by atoms with Crippen LogP contribution in [0.4, 0.5) is 10.2 Å². The van der Waals surface area contributed by atoms with Crippen LogP contribution >= 0.6 is 0 Å². The monoisotopic (exact) mass is 285 g/mol. The maximum atomic E-state index is 13.1. The van der Waals surface area contributed by atoms with Gasteiger partial charge in [-0.05, 0) is 50.8 Å². The lowest BCUT2D eigenvalue weighted by molar-refractivity contribution is 0.580. The number of nitrogens with one attached hydrogen (secondary N) is 1. The summed E-state index contributed by atoms with van der Waals surface area (Å²) in [6.07, 6.45) is 3.20. The first-order valence-corrected chi connectivity index (χ1v) is 7.36. The highest BCUT2D eigenvalue weighted by Gasteiger charge is 2.29. The van der Waals surface area contributed by atoms with E-state index in [1.807, 2.05) is 19.2 Å². The number of hydrogen-bond donors (Lipinski definition) is 1. The van der Waals surface area contributed by atoms with Crippen LogP contribution in [-0.4, -0.2) is 17.0 Å². The van der Waals surface area contributed by atoms with Gasteiger partial charge >= 0.3 is 0 Å². The van der Waals surface area contributed by atoms with E-state index in [-0.39, 0.29) is 11.2 Å². The van der Waals surface area contributed by atoms with E-state index < -0.39 is 0 Å². The number of halogens is 1. The van der Waals surface area contributed by atoms with E-state index in [9.17, 15) is 4.39 Å². The number of rotatable bonds is 3. The van der Waals surface area contributed by atoms with Crippen molar-refractivity contribution in [1.82, 2.24) is 9.97 Å². The van der Waals surface area contributed by atoms with Crippen molar-refractivity contribution < 1.29 is 4.39 Å². The van der Waals surface area contributed by atoms with Gasteiger partial charge in [0, 0.05) is 23.7 Å². The Balaban J connectivity index is 2.08. The van der Waals surface area contributed by atoms with Crippen LogP contribution < -0.4 is 5.32 Å². The van der Waals surface area contributed by atoms with Gasteiger partial charge in [0.2, 0.25) is 0 Å². The van der Waals surface area contributed by atoms with E-state index in [0.717, 1.165) is 42.2 Å². The van der Waals surface area contributed by atoms with Crippen molar-refractivity contribution in [3.05, 3.63) is 52.7 Å². The van der Waals surface area contributed by atoms with E-state index in [1.165, 1.54) is 17.7 Å². The van der Waals surface area contributed by atoms with E-state index in [4.69, 9.17) is 9.97 Å². The van der Waals surface area contributed by atoms with Crippen molar-refractivity contribution >= 4 is 5.82 Å². The summed E-state index contributed by atoms with van der Waals surface area (Å²) < 4.78 is 13.1. The molecular weight excluding hydrogens is 265 g/mol. The molecule has 1 heterocycles. The Morgan fingerprint density at radius 1 is 1.10 bits per heavy atom. The number of anilines is 1. The zero-order valence-corrected chi connectivity index (χ0v) is 12.7. The van der Waals surface area contributed by atoms with Crippen molar-refractivity contribution in [2.45, 2.75) is 38.5 Å². The van der Waals surface area contributed by atoms with Crippen LogP contribution in [0.1, 0.15) is 42.9 Å². The molecule has 0 fully saturated rings. The summed E-state index contributed by atoms with van der Waals surface area (Å²) in [5.74, 6) is 1.50. The molecule has 0 saturated carbocycles. The Morgan fingerprint density at radius 2 is 1.81 bits per heavy atom. The van der Waals surface area contributed by atoms with Gasteiger partial charge in [0.25, 0.3) is 0 Å². The lowest BCUT2D eigenvalue weighted by atomic mass is 9.83. The quantitative estimate of drug-likeness (QED) is 0.938. The zero-order chi connectivity index (χ0) is 15.0. The third-order valence-corrected chi connectivity index (χ3v) is 4.29. The third kappa shape index (κ3) is 2.39. The van der Waals surface area contributed by atoms with Crippen LogP contribution in [-0.2, 0) is 18.3 Å². The van der Waals surface area contributed by atoms with Gasteiger partial charge in [0.15, 0.2) is 0 Å². The molecule has 0 radical (unpaired) electrons. The van der Waals surface area contributed by atoms with Gasteiger partial charge in [-0.1, -0.05) is 12.1 Å². The van der Waals surface area contributed by atoms with E-state index in [0.29, 0.717) is 0 Å². The maximum absolute atomic E-state index is 13.1. The van der Waals surface area contributed by atoms with Crippen LogP contribution in [0.5, 0.6) is 0 Å². The molecule has 1 aromatic carbocycles. The minimum absolute atomic E-state index is 0.222. The summed E-state index contributed by atoms with van der Waals surface area (Å²) in [6.45, 7) is 4.16. The smallest absolute Gasteiger partial charge is 0.140 e. The third-order valence-electron chi connectivity index (χ3n) is 4.29. The lowest BCUT2D eigenvalue weighted by Crippen LogP contribution is -2.24. The number of nitrogens with zero attached hydrogens (tertiary/aromatic N) is 2. The van der Waals surface area contributed by atoms with E-state index in [2.05, 4.69) is 19.2 Å². The second-order valence-corrected chi connectivity index (χ2v) is 6.06. The zero-order valence-electron chi connectivity index (χ0n) is 12.7. The van der Waals surface area contributed by atoms with Crippen molar-refractivity contribution in [2.75, 3.05) is 12.4 Å². The Bertz CT molecular complexity index is 662. The predicted octanol–water partition coefficient (Wildman–Crippen LogP) is 3.47. The first-order valence-electron chi connectivity index (χ1n) is 7.36. The lowest BCUT2D eigenvalue weighted by Gasteiger charge is -2.25. The molecular formula is C17H20FN3. The molecule has 1 aliphatic carbocycles. The topological polar surface area (TPSA) is 37.8 Å². The molecule has 0 spiro atoms. The van der Waals surface area contributed by atoms with Gasteiger partial charge in [-0.25, -0.2) is 14.4 Å². The number of aryl methyl sites for hydroxylation is 1. The second-order valence-electron chi connectivity index (χ2n) is 6.06. The number of aromatic nitrogens is 2. The molecule has 1 N–H and O–H groups in total. The summed E-state index contributed by atoms with van der Waals surface area (Å²) in [5.41, 5.74) is 3.07. The summed E-state index contributed by atoms with van der Waals surface area (Å²) in [4.78, 5) is 9.50.